The summed E-state index contributed by atoms with van der Waals surface area (Å²) in [5.74, 6) is 0.0426. The standard InChI is InChI=1S/C16H20N2O3/c1-3-13-14(19)17-16(21)18(15(13)20)10-9-11(2)12-7-5-4-6-8-12/h4-8,11,20H,3,9-10H2,1-2H3,(H,17,19,21). The third kappa shape index (κ3) is 3.24. The second kappa shape index (κ2) is 6.43. The van der Waals surface area contributed by atoms with Crippen LogP contribution in [0.15, 0.2) is 39.9 Å². The van der Waals surface area contributed by atoms with Crippen molar-refractivity contribution in [3.8, 4) is 5.88 Å². The van der Waals surface area contributed by atoms with Crippen molar-refractivity contribution in [2.45, 2.75) is 39.2 Å². The second-order valence-corrected chi connectivity index (χ2v) is 5.17. The molecule has 1 aromatic heterocycles. The van der Waals surface area contributed by atoms with Crippen molar-refractivity contribution in [3.05, 3.63) is 62.3 Å². The Kier molecular flexibility index (Phi) is 4.62. The van der Waals surface area contributed by atoms with Gasteiger partial charge in [-0.2, -0.15) is 0 Å². The molecule has 2 aromatic rings. The van der Waals surface area contributed by atoms with Crippen LogP contribution in [0.2, 0.25) is 0 Å². The summed E-state index contributed by atoms with van der Waals surface area (Å²) < 4.78 is 1.24. The molecule has 5 heteroatoms. The van der Waals surface area contributed by atoms with Crippen molar-refractivity contribution in [1.29, 1.82) is 0 Å². The lowest BCUT2D eigenvalue weighted by atomic mass is 9.98. The summed E-state index contributed by atoms with van der Waals surface area (Å²) in [4.78, 5) is 25.7. The summed E-state index contributed by atoms with van der Waals surface area (Å²) in [6.07, 6.45) is 1.09. The first kappa shape index (κ1) is 15.1. The molecule has 0 saturated heterocycles. The van der Waals surface area contributed by atoms with E-state index in [-0.39, 0.29) is 17.4 Å². The van der Waals surface area contributed by atoms with Gasteiger partial charge in [0.2, 0.25) is 5.88 Å². The third-order valence-electron chi connectivity index (χ3n) is 3.77. The fraction of sp³-hybridized carbons (Fsp3) is 0.375. The van der Waals surface area contributed by atoms with Crippen LogP contribution < -0.4 is 11.2 Å². The average molecular weight is 288 g/mol. The number of aromatic nitrogens is 2. The Bertz CT molecular complexity index is 717. The largest absolute Gasteiger partial charge is 0.494 e. The Labute approximate surface area is 122 Å². The first-order valence-corrected chi connectivity index (χ1v) is 7.14. The Hall–Kier alpha value is -2.30. The summed E-state index contributed by atoms with van der Waals surface area (Å²) in [5.41, 5.74) is 0.370. The van der Waals surface area contributed by atoms with E-state index in [1.54, 1.807) is 6.92 Å². The molecule has 0 bridgehead atoms. The Morgan fingerprint density at radius 2 is 1.90 bits per heavy atom. The number of aromatic hydroxyl groups is 1. The van der Waals surface area contributed by atoms with Gasteiger partial charge in [-0.05, 0) is 24.3 Å². The molecule has 0 radical (unpaired) electrons. The minimum absolute atomic E-state index is 0.216. The number of hydrogen-bond acceptors (Lipinski definition) is 3. The van der Waals surface area contributed by atoms with Gasteiger partial charge in [0.25, 0.3) is 5.56 Å². The van der Waals surface area contributed by atoms with Gasteiger partial charge in [0.05, 0.1) is 5.56 Å². The molecule has 2 rings (SSSR count). The number of hydrogen-bond donors (Lipinski definition) is 2. The van der Waals surface area contributed by atoms with E-state index in [2.05, 4.69) is 11.9 Å². The predicted octanol–water partition coefficient (Wildman–Crippen LogP) is 2.00. The van der Waals surface area contributed by atoms with Gasteiger partial charge < -0.3 is 5.11 Å². The summed E-state index contributed by atoms with van der Waals surface area (Å²) in [7, 11) is 0. The van der Waals surface area contributed by atoms with Crippen LogP contribution in [-0.4, -0.2) is 14.7 Å². The highest BCUT2D eigenvalue weighted by molar-refractivity contribution is 5.23. The van der Waals surface area contributed by atoms with E-state index in [4.69, 9.17) is 0 Å². The molecule has 0 saturated carbocycles. The summed E-state index contributed by atoms with van der Waals surface area (Å²) in [5, 5.41) is 10.1. The highest BCUT2D eigenvalue weighted by Gasteiger charge is 2.13. The number of nitrogens with one attached hydrogen (secondary N) is 1. The van der Waals surface area contributed by atoms with Crippen LogP contribution in [0, 0.1) is 0 Å². The highest BCUT2D eigenvalue weighted by Crippen LogP contribution is 2.20. The lowest BCUT2D eigenvalue weighted by Crippen LogP contribution is -2.32. The SMILES string of the molecule is CCc1c(O)n(CCC(C)c2ccccc2)c(=O)[nH]c1=O. The van der Waals surface area contributed by atoms with Gasteiger partial charge in [-0.1, -0.05) is 44.2 Å². The molecule has 0 amide bonds. The zero-order chi connectivity index (χ0) is 15.4. The average Bonchev–Trinajstić information content (AvgIpc) is 2.47. The zero-order valence-electron chi connectivity index (χ0n) is 12.3. The van der Waals surface area contributed by atoms with Crippen LogP contribution in [0.3, 0.4) is 0 Å². The van der Waals surface area contributed by atoms with Crippen molar-refractivity contribution < 1.29 is 5.11 Å². The molecule has 1 heterocycles. The smallest absolute Gasteiger partial charge is 0.331 e. The Balaban J connectivity index is 2.21. The molecule has 2 N–H and O–H groups in total. The maximum absolute atomic E-state index is 11.8. The minimum atomic E-state index is -0.560. The van der Waals surface area contributed by atoms with E-state index in [1.165, 1.54) is 10.1 Å². The number of aromatic amines is 1. The predicted molar refractivity (Wildman–Crippen MR) is 81.8 cm³/mol. The fourth-order valence-corrected chi connectivity index (χ4v) is 2.40. The maximum Gasteiger partial charge on any atom is 0.331 e. The van der Waals surface area contributed by atoms with Crippen LogP contribution >= 0.6 is 0 Å². The molecule has 112 valence electrons. The fourth-order valence-electron chi connectivity index (χ4n) is 2.40. The zero-order valence-corrected chi connectivity index (χ0v) is 12.3. The highest BCUT2D eigenvalue weighted by atomic mass is 16.3. The topological polar surface area (TPSA) is 75.1 Å². The first-order chi connectivity index (χ1) is 10.0. The van der Waals surface area contributed by atoms with E-state index >= 15 is 0 Å². The normalized spacial score (nSPS) is 12.3. The van der Waals surface area contributed by atoms with Gasteiger partial charge in [-0.15, -0.1) is 0 Å². The van der Waals surface area contributed by atoms with Gasteiger partial charge in [0.15, 0.2) is 0 Å². The molecule has 1 aromatic carbocycles. The Morgan fingerprint density at radius 3 is 2.52 bits per heavy atom. The molecule has 0 aliphatic rings. The number of nitrogens with zero attached hydrogens (tertiary/aromatic N) is 1. The van der Waals surface area contributed by atoms with Crippen molar-refractivity contribution >= 4 is 0 Å². The molecule has 0 fully saturated rings. The van der Waals surface area contributed by atoms with E-state index in [0.29, 0.717) is 19.4 Å². The van der Waals surface area contributed by atoms with Crippen LogP contribution in [0.1, 0.15) is 37.3 Å². The van der Waals surface area contributed by atoms with Crippen LogP contribution in [0.4, 0.5) is 0 Å². The van der Waals surface area contributed by atoms with E-state index < -0.39 is 11.2 Å². The number of H-pyrrole nitrogens is 1. The summed E-state index contributed by atoms with van der Waals surface area (Å²) >= 11 is 0. The minimum Gasteiger partial charge on any atom is -0.494 e. The molecular weight excluding hydrogens is 268 g/mol. The lowest BCUT2D eigenvalue weighted by Gasteiger charge is -2.14. The van der Waals surface area contributed by atoms with Gasteiger partial charge in [-0.25, -0.2) is 4.79 Å². The van der Waals surface area contributed by atoms with E-state index in [1.807, 2.05) is 30.3 Å². The molecule has 5 nitrogen and oxygen atoms in total. The quantitative estimate of drug-likeness (QED) is 0.883. The van der Waals surface area contributed by atoms with Gasteiger partial charge >= 0.3 is 5.69 Å². The van der Waals surface area contributed by atoms with Crippen molar-refractivity contribution in [1.82, 2.24) is 9.55 Å². The molecule has 1 atom stereocenters. The van der Waals surface area contributed by atoms with Crippen LogP contribution in [0.5, 0.6) is 5.88 Å². The third-order valence-corrected chi connectivity index (χ3v) is 3.77. The lowest BCUT2D eigenvalue weighted by molar-refractivity contribution is 0.384. The van der Waals surface area contributed by atoms with E-state index in [0.717, 1.165) is 0 Å². The molecule has 0 spiro atoms. The second-order valence-electron chi connectivity index (χ2n) is 5.17. The van der Waals surface area contributed by atoms with Crippen LogP contribution in [-0.2, 0) is 13.0 Å². The van der Waals surface area contributed by atoms with Crippen molar-refractivity contribution in [2.24, 2.45) is 0 Å². The molecular formula is C16H20N2O3. The summed E-state index contributed by atoms with van der Waals surface area (Å²) in [6.45, 7) is 4.21. The molecule has 21 heavy (non-hydrogen) atoms. The summed E-state index contributed by atoms with van der Waals surface area (Å²) in [6, 6.07) is 9.99. The van der Waals surface area contributed by atoms with Gasteiger partial charge in [0.1, 0.15) is 0 Å². The first-order valence-electron chi connectivity index (χ1n) is 7.14. The maximum atomic E-state index is 11.8. The molecule has 0 aliphatic heterocycles. The molecule has 1 unspecified atom stereocenters. The van der Waals surface area contributed by atoms with Crippen molar-refractivity contribution in [3.63, 3.8) is 0 Å². The van der Waals surface area contributed by atoms with E-state index in [9.17, 15) is 14.7 Å². The number of benzene rings is 1. The monoisotopic (exact) mass is 288 g/mol. The molecule has 0 aliphatic carbocycles. The number of rotatable bonds is 5. The van der Waals surface area contributed by atoms with Crippen LogP contribution in [0.25, 0.3) is 0 Å². The van der Waals surface area contributed by atoms with Gasteiger partial charge in [-0.3, -0.25) is 14.3 Å². The van der Waals surface area contributed by atoms with Gasteiger partial charge in [0, 0.05) is 6.54 Å². The van der Waals surface area contributed by atoms with Crippen molar-refractivity contribution in [2.75, 3.05) is 0 Å². The Morgan fingerprint density at radius 1 is 1.24 bits per heavy atom.